The maximum Gasteiger partial charge on any atom is 0.282 e. The number of methoxy groups -OCH3 is 1. The summed E-state index contributed by atoms with van der Waals surface area (Å²) in [5.74, 6) is 1.71. The summed E-state index contributed by atoms with van der Waals surface area (Å²) >= 11 is 17.7. The van der Waals surface area contributed by atoms with E-state index in [0.29, 0.717) is 44.9 Å². The molecule has 0 saturated heterocycles. The van der Waals surface area contributed by atoms with Crippen LogP contribution in [-0.2, 0) is 6.61 Å². The Morgan fingerprint density at radius 3 is 2.61 bits per heavy atom. The Hall–Kier alpha value is -2.14. The van der Waals surface area contributed by atoms with Crippen molar-refractivity contribution in [3.8, 4) is 11.5 Å². The molecule has 0 N–H and O–H groups in total. The average molecular weight is 701 g/mol. The zero-order valence-electron chi connectivity index (χ0n) is 19.6. The number of halogens is 4. The lowest BCUT2D eigenvalue weighted by molar-refractivity contribution is 0.282. The van der Waals surface area contributed by atoms with Crippen LogP contribution in [0.3, 0.4) is 0 Å². The van der Waals surface area contributed by atoms with Crippen LogP contribution in [0.1, 0.15) is 36.7 Å². The van der Waals surface area contributed by atoms with E-state index >= 15 is 0 Å². The summed E-state index contributed by atoms with van der Waals surface area (Å²) in [5, 5.41) is 5.96. The molecule has 0 atom stereocenters. The number of aromatic nitrogens is 2. The molecule has 0 aliphatic heterocycles. The molecule has 0 radical (unpaired) electrons. The minimum absolute atomic E-state index is 0.00489. The molecule has 10 heteroatoms. The van der Waals surface area contributed by atoms with Gasteiger partial charge in [0, 0.05) is 10.4 Å². The van der Waals surface area contributed by atoms with Gasteiger partial charge in [-0.2, -0.15) is 9.78 Å². The van der Waals surface area contributed by atoms with Crippen molar-refractivity contribution < 1.29 is 9.47 Å². The lowest BCUT2D eigenvalue weighted by atomic mass is 10.2. The van der Waals surface area contributed by atoms with E-state index in [1.165, 1.54) is 4.68 Å². The highest BCUT2D eigenvalue weighted by Gasteiger charge is 2.15. The van der Waals surface area contributed by atoms with Gasteiger partial charge < -0.3 is 9.47 Å². The number of benzene rings is 3. The average Bonchev–Trinajstić information content (AvgIpc) is 2.84. The maximum absolute atomic E-state index is 13.3. The van der Waals surface area contributed by atoms with Crippen molar-refractivity contribution in [2.45, 2.75) is 26.4 Å². The second kappa shape index (κ2) is 11.5. The number of nitrogens with zero attached hydrogens (tertiary/aromatic N) is 3. The number of rotatable bonds is 7. The van der Waals surface area contributed by atoms with Gasteiger partial charge in [-0.3, -0.25) is 4.79 Å². The minimum Gasteiger partial charge on any atom is -0.493 e. The highest BCUT2D eigenvalue weighted by molar-refractivity contribution is 14.1. The molecule has 0 aliphatic rings. The van der Waals surface area contributed by atoms with E-state index in [2.05, 4.69) is 48.6 Å². The van der Waals surface area contributed by atoms with E-state index in [0.717, 1.165) is 19.2 Å². The standard InChI is InChI=1S/C26H21BrCl2IN3O3/c1-14(2)25-32-22-7-5-17(27)11-18(22)26(34)33(25)31-12-16-9-21(30)24(23(10-16)35-3)36-13-15-4-6-19(28)20(29)8-15/h4-12,14H,13H2,1-3H3. The third kappa shape index (κ3) is 5.88. The molecule has 0 amide bonds. The number of ether oxygens (including phenoxy) is 2. The van der Waals surface area contributed by atoms with Crippen LogP contribution in [0.4, 0.5) is 0 Å². The van der Waals surface area contributed by atoms with Gasteiger partial charge in [-0.1, -0.05) is 59.0 Å². The van der Waals surface area contributed by atoms with Crippen molar-refractivity contribution in [1.29, 1.82) is 0 Å². The van der Waals surface area contributed by atoms with Gasteiger partial charge in [0.25, 0.3) is 5.56 Å². The van der Waals surface area contributed by atoms with E-state index in [9.17, 15) is 4.79 Å². The van der Waals surface area contributed by atoms with E-state index in [4.69, 9.17) is 32.7 Å². The fourth-order valence-corrected chi connectivity index (χ4v) is 4.98. The fourth-order valence-electron chi connectivity index (χ4n) is 3.51. The molecular weight excluding hydrogens is 680 g/mol. The zero-order chi connectivity index (χ0) is 26.0. The van der Waals surface area contributed by atoms with E-state index < -0.39 is 0 Å². The third-order valence-corrected chi connectivity index (χ3v) is 7.32. The smallest absolute Gasteiger partial charge is 0.282 e. The fraction of sp³-hybridized carbons (Fsp3) is 0.192. The largest absolute Gasteiger partial charge is 0.493 e. The topological polar surface area (TPSA) is 65.7 Å². The molecule has 186 valence electrons. The predicted octanol–water partition coefficient (Wildman–Crippen LogP) is 7.66. The summed E-state index contributed by atoms with van der Waals surface area (Å²) in [6.07, 6.45) is 1.62. The van der Waals surface area contributed by atoms with Crippen molar-refractivity contribution in [3.05, 3.63) is 93.9 Å². The second-order valence-corrected chi connectivity index (χ2v) is 11.1. The van der Waals surface area contributed by atoms with Crippen LogP contribution >= 0.6 is 61.7 Å². The Bertz CT molecular complexity index is 1540. The number of hydrogen-bond donors (Lipinski definition) is 0. The molecule has 1 heterocycles. The molecule has 4 aromatic rings. The van der Waals surface area contributed by atoms with Crippen LogP contribution < -0.4 is 15.0 Å². The number of hydrogen-bond acceptors (Lipinski definition) is 5. The minimum atomic E-state index is -0.232. The Labute approximate surface area is 240 Å². The molecule has 0 unspecified atom stereocenters. The van der Waals surface area contributed by atoms with Gasteiger partial charge >= 0.3 is 0 Å². The lowest BCUT2D eigenvalue weighted by Gasteiger charge is -2.14. The van der Waals surface area contributed by atoms with Crippen LogP contribution in [0.5, 0.6) is 11.5 Å². The van der Waals surface area contributed by atoms with E-state index in [1.54, 1.807) is 37.6 Å². The summed E-state index contributed by atoms with van der Waals surface area (Å²) < 4.78 is 14.6. The first kappa shape index (κ1) is 26.9. The molecule has 6 nitrogen and oxygen atoms in total. The molecular formula is C26H21BrCl2IN3O3. The normalized spacial score (nSPS) is 11.6. The molecule has 1 aromatic heterocycles. The summed E-state index contributed by atoms with van der Waals surface area (Å²) in [7, 11) is 1.57. The van der Waals surface area contributed by atoms with Gasteiger partial charge in [-0.05, 0) is 76.2 Å². The quantitative estimate of drug-likeness (QED) is 0.147. The Morgan fingerprint density at radius 2 is 1.92 bits per heavy atom. The van der Waals surface area contributed by atoms with Crippen LogP contribution in [0.25, 0.3) is 10.9 Å². The Balaban J connectivity index is 1.67. The van der Waals surface area contributed by atoms with Crippen molar-refractivity contribution in [3.63, 3.8) is 0 Å². The monoisotopic (exact) mass is 699 g/mol. The van der Waals surface area contributed by atoms with Gasteiger partial charge in [0.05, 0.1) is 37.8 Å². The van der Waals surface area contributed by atoms with Crippen LogP contribution in [0.2, 0.25) is 10.0 Å². The molecule has 0 saturated carbocycles. The van der Waals surface area contributed by atoms with Crippen molar-refractivity contribution in [2.24, 2.45) is 5.10 Å². The maximum atomic E-state index is 13.3. The molecule has 3 aromatic carbocycles. The number of fused-ring (bicyclic) bond motifs is 1. The molecule has 0 spiro atoms. The summed E-state index contributed by atoms with van der Waals surface area (Å²) in [4.78, 5) is 17.9. The molecule has 0 aliphatic carbocycles. The summed E-state index contributed by atoms with van der Waals surface area (Å²) in [6.45, 7) is 4.25. The first-order chi connectivity index (χ1) is 17.2. The van der Waals surface area contributed by atoms with Crippen LogP contribution in [-0.4, -0.2) is 23.0 Å². The first-order valence-corrected chi connectivity index (χ1v) is 13.5. The first-order valence-electron chi connectivity index (χ1n) is 10.9. The molecule has 0 bridgehead atoms. The summed E-state index contributed by atoms with van der Waals surface area (Å²) in [6, 6.07) is 14.5. The summed E-state index contributed by atoms with van der Waals surface area (Å²) in [5.41, 5.74) is 2.03. The zero-order valence-corrected chi connectivity index (χ0v) is 24.8. The van der Waals surface area contributed by atoms with Gasteiger partial charge in [0.15, 0.2) is 11.5 Å². The predicted molar refractivity (Wildman–Crippen MR) is 157 cm³/mol. The third-order valence-electron chi connectivity index (χ3n) is 5.29. The van der Waals surface area contributed by atoms with Gasteiger partial charge in [0.2, 0.25) is 0 Å². The Morgan fingerprint density at radius 1 is 1.14 bits per heavy atom. The highest BCUT2D eigenvalue weighted by Crippen LogP contribution is 2.34. The molecule has 4 rings (SSSR count). The van der Waals surface area contributed by atoms with Crippen molar-refractivity contribution in [2.75, 3.05) is 7.11 Å². The van der Waals surface area contributed by atoms with Crippen molar-refractivity contribution in [1.82, 2.24) is 9.66 Å². The van der Waals surface area contributed by atoms with Crippen LogP contribution in [0, 0.1) is 3.57 Å². The van der Waals surface area contributed by atoms with Crippen molar-refractivity contribution >= 4 is 78.8 Å². The van der Waals surface area contributed by atoms with E-state index in [-0.39, 0.29) is 11.5 Å². The van der Waals surface area contributed by atoms with Gasteiger partial charge in [0.1, 0.15) is 12.4 Å². The highest BCUT2D eigenvalue weighted by atomic mass is 127. The van der Waals surface area contributed by atoms with Crippen LogP contribution in [0.15, 0.2) is 62.9 Å². The SMILES string of the molecule is COc1cc(C=Nn2c(C(C)C)nc3ccc(Br)cc3c2=O)cc(I)c1OCc1ccc(Cl)c(Cl)c1. The lowest BCUT2D eigenvalue weighted by Crippen LogP contribution is -2.23. The molecule has 0 fully saturated rings. The van der Waals surface area contributed by atoms with E-state index in [1.807, 2.05) is 38.1 Å². The second-order valence-electron chi connectivity index (χ2n) is 8.22. The van der Waals surface area contributed by atoms with Gasteiger partial charge in [-0.15, -0.1) is 0 Å². The van der Waals surface area contributed by atoms with Gasteiger partial charge in [-0.25, -0.2) is 4.98 Å². The Kier molecular flexibility index (Phi) is 8.59. The molecule has 36 heavy (non-hydrogen) atoms.